The van der Waals surface area contributed by atoms with Crippen molar-refractivity contribution < 1.29 is 14.1 Å². The van der Waals surface area contributed by atoms with Crippen LogP contribution < -0.4 is 10.6 Å². The largest absolute Gasteiger partial charge is 0.360 e. The van der Waals surface area contributed by atoms with E-state index in [4.69, 9.17) is 4.52 Å². The van der Waals surface area contributed by atoms with Crippen LogP contribution in [0.4, 0.5) is 5.82 Å². The van der Waals surface area contributed by atoms with E-state index in [0.29, 0.717) is 17.5 Å². The number of aromatic nitrogens is 1. The molecule has 1 heterocycles. The standard InChI is InChI=1S/C16H25N3O3S/c1-10-5-4-6-13(7-10)17-15(20)9-23-12(3)16(21)18-14-8-11(2)22-19-14/h8,10,12-13H,4-7,9H2,1-3H3,(H,17,20)(H,18,19,21). The maximum atomic E-state index is 12.0. The van der Waals surface area contributed by atoms with Gasteiger partial charge in [-0.1, -0.05) is 24.9 Å². The van der Waals surface area contributed by atoms with Crippen molar-refractivity contribution in [1.29, 1.82) is 0 Å². The van der Waals surface area contributed by atoms with Crippen molar-refractivity contribution in [2.45, 2.75) is 57.7 Å². The topological polar surface area (TPSA) is 84.2 Å². The number of nitrogens with one attached hydrogen (secondary N) is 2. The second kappa shape index (κ2) is 8.38. The van der Waals surface area contributed by atoms with E-state index < -0.39 is 0 Å². The third-order valence-electron chi connectivity index (χ3n) is 4.01. The van der Waals surface area contributed by atoms with Crippen molar-refractivity contribution in [3.8, 4) is 0 Å². The van der Waals surface area contributed by atoms with Crippen LogP contribution in [-0.4, -0.2) is 34.0 Å². The Labute approximate surface area is 141 Å². The minimum absolute atomic E-state index is 0.00558. The van der Waals surface area contributed by atoms with E-state index >= 15 is 0 Å². The highest BCUT2D eigenvalue weighted by Gasteiger charge is 2.21. The van der Waals surface area contributed by atoms with Gasteiger partial charge < -0.3 is 15.2 Å². The van der Waals surface area contributed by atoms with Crippen molar-refractivity contribution >= 4 is 29.4 Å². The van der Waals surface area contributed by atoms with Crippen LogP contribution in [0.25, 0.3) is 0 Å². The van der Waals surface area contributed by atoms with E-state index in [1.54, 1.807) is 19.9 Å². The number of rotatable bonds is 6. The number of hydrogen-bond donors (Lipinski definition) is 2. The fourth-order valence-corrected chi connectivity index (χ4v) is 3.46. The first kappa shape index (κ1) is 17.8. The molecule has 1 fully saturated rings. The van der Waals surface area contributed by atoms with Crippen LogP contribution >= 0.6 is 11.8 Å². The summed E-state index contributed by atoms with van der Waals surface area (Å²) >= 11 is 1.33. The Hall–Kier alpha value is -1.50. The molecule has 0 bridgehead atoms. The fourth-order valence-electron chi connectivity index (χ4n) is 2.76. The first-order valence-corrected chi connectivity index (χ1v) is 9.14. The Morgan fingerprint density at radius 1 is 1.48 bits per heavy atom. The van der Waals surface area contributed by atoms with Crippen LogP contribution in [-0.2, 0) is 9.59 Å². The number of carbonyl (C=O) groups excluding carboxylic acids is 2. The zero-order valence-electron chi connectivity index (χ0n) is 13.9. The van der Waals surface area contributed by atoms with Crippen molar-refractivity contribution in [2.75, 3.05) is 11.1 Å². The van der Waals surface area contributed by atoms with E-state index in [2.05, 4.69) is 22.7 Å². The molecule has 0 radical (unpaired) electrons. The van der Waals surface area contributed by atoms with Gasteiger partial charge in [0.1, 0.15) is 5.76 Å². The lowest BCUT2D eigenvalue weighted by Crippen LogP contribution is -2.39. The molecule has 3 unspecified atom stereocenters. The highest BCUT2D eigenvalue weighted by Crippen LogP contribution is 2.23. The van der Waals surface area contributed by atoms with Gasteiger partial charge in [0.15, 0.2) is 5.82 Å². The van der Waals surface area contributed by atoms with E-state index in [1.807, 2.05) is 0 Å². The van der Waals surface area contributed by atoms with Gasteiger partial charge in [-0.3, -0.25) is 9.59 Å². The number of anilines is 1. The zero-order valence-corrected chi connectivity index (χ0v) is 14.7. The average Bonchev–Trinajstić information content (AvgIpc) is 2.90. The van der Waals surface area contributed by atoms with Crippen LogP contribution in [0.3, 0.4) is 0 Å². The number of hydrogen-bond acceptors (Lipinski definition) is 5. The van der Waals surface area contributed by atoms with Crippen molar-refractivity contribution in [1.82, 2.24) is 10.5 Å². The van der Waals surface area contributed by atoms with Crippen molar-refractivity contribution in [2.24, 2.45) is 5.92 Å². The number of carbonyl (C=O) groups is 2. The molecule has 1 aliphatic carbocycles. The molecule has 1 aromatic rings. The molecule has 2 amide bonds. The normalized spacial score (nSPS) is 22.4. The Bertz CT molecular complexity index is 546. The molecule has 1 aromatic heterocycles. The summed E-state index contributed by atoms with van der Waals surface area (Å²) in [6, 6.07) is 1.95. The molecule has 0 saturated heterocycles. The van der Waals surface area contributed by atoms with E-state index in [9.17, 15) is 9.59 Å². The Kier molecular flexibility index (Phi) is 6.50. The second-order valence-corrected chi connectivity index (χ2v) is 7.63. The molecule has 0 aliphatic heterocycles. The molecule has 1 aliphatic rings. The lowest BCUT2D eigenvalue weighted by Gasteiger charge is -2.27. The molecule has 7 heteroatoms. The molecule has 0 spiro atoms. The van der Waals surface area contributed by atoms with Crippen LogP contribution in [0.15, 0.2) is 10.6 Å². The lowest BCUT2D eigenvalue weighted by molar-refractivity contribution is -0.119. The van der Waals surface area contributed by atoms with E-state index in [1.165, 1.54) is 24.6 Å². The summed E-state index contributed by atoms with van der Waals surface area (Å²) in [7, 11) is 0. The third-order valence-corrected chi connectivity index (χ3v) is 5.16. The molecule has 1 saturated carbocycles. The number of thioether (sulfide) groups is 1. The van der Waals surface area contributed by atoms with E-state index in [0.717, 1.165) is 12.8 Å². The Balaban J connectivity index is 1.69. The van der Waals surface area contributed by atoms with Gasteiger partial charge in [0.25, 0.3) is 0 Å². The Morgan fingerprint density at radius 2 is 2.26 bits per heavy atom. The molecule has 6 nitrogen and oxygen atoms in total. The average molecular weight is 339 g/mol. The predicted molar refractivity (Wildman–Crippen MR) is 91.4 cm³/mol. The molecule has 0 aromatic carbocycles. The summed E-state index contributed by atoms with van der Waals surface area (Å²) in [5, 5.41) is 9.15. The van der Waals surface area contributed by atoms with Crippen molar-refractivity contribution in [3.63, 3.8) is 0 Å². The van der Waals surface area contributed by atoms with Gasteiger partial charge in [-0.25, -0.2) is 0 Å². The summed E-state index contributed by atoms with van der Waals surface area (Å²) < 4.78 is 4.90. The molecule has 3 atom stereocenters. The molecule has 2 rings (SSSR count). The van der Waals surface area contributed by atoms with Gasteiger partial charge in [-0.05, 0) is 32.6 Å². The van der Waals surface area contributed by atoms with Gasteiger partial charge >= 0.3 is 0 Å². The van der Waals surface area contributed by atoms with Crippen LogP contribution in [0.1, 0.15) is 45.3 Å². The van der Waals surface area contributed by atoms with Gasteiger partial charge in [-0.15, -0.1) is 11.8 Å². The van der Waals surface area contributed by atoms with E-state index in [-0.39, 0.29) is 28.9 Å². The molecular weight excluding hydrogens is 314 g/mol. The van der Waals surface area contributed by atoms with Crippen molar-refractivity contribution in [3.05, 3.63) is 11.8 Å². The summed E-state index contributed by atoms with van der Waals surface area (Å²) in [6.45, 7) is 5.77. The number of aryl methyl sites for hydroxylation is 1. The third kappa shape index (κ3) is 5.89. The maximum absolute atomic E-state index is 12.0. The lowest BCUT2D eigenvalue weighted by atomic mass is 9.87. The molecule has 2 N–H and O–H groups in total. The minimum Gasteiger partial charge on any atom is -0.360 e. The predicted octanol–water partition coefficient (Wildman–Crippen LogP) is 2.74. The number of amides is 2. The summed E-state index contributed by atoms with van der Waals surface area (Å²) in [6.07, 6.45) is 4.54. The monoisotopic (exact) mass is 339 g/mol. The fraction of sp³-hybridized carbons (Fsp3) is 0.688. The quantitative estimate of drug-likeness (QED) is 0.832. The van der Waals surface area contributed by atoms with Gasteiger partial charge in [0, 0.05) is 12.1 Å². The van der Waals surface area contributed by atoms with Crippen LogP contribution in [0.2, 0.25) is 0 Å². The molecule has 128 valence electrons. The molecule has 23 heavy (non-hydrogen) atoms. The van der Waals surface area contributed by atoms with Gasteiger partial charge in [0.2, 0.25) is 11.8 Å². The SMILES string of the molecule is Cc1cc(NC(=O)C(C)SCC(=O)NC2CCCC(C)C2)no1. The van der Waals surface area contributed by atoms with Gasteiger partial charge in [-0.2, -0.15) is 0 Å². The minimum atomic E-state index is -0.331. The molecular formula is C16H25N3O3S. The second-order valence-electron chi connectivity index (χ2n) is 6.30. The number of nitrogens with zero attached hydrogens (tertiary/aromatic N) is 1. The summed E-state index contributed by atoms with van der Waals surface area (Å²) in [4.78, 5) is 24.0. The highest BCUT2D eigenvalue weighted by atomic mass is 32.2. The smallest absolute Gasteiger partial charge is 0.238 e. The highest BCUT2D eigenvalue weighted by molar-refractivity contribution is 8.01. The summed E-state index contributed by atoms with van der Waals surface area (Å²) in [5.74, 6) is 1.84. The Morgan fingerprint density at radius 3 is 2.91 bits per heavy atom. The van der Waals surface area contributed by atoms with Gasteiger partial charge in [0.05, 0.1) is 11.0 Å². The summed E-state index contributed by atoms with van der Waals surface area (Å²) in [5.41, 5.74) is 0. The van der Waals surface area contributed by atoms with Crippen LogP contribution in [0, 0.1) is 12.8 Å². The zero-order chi connectivity index (χ0) is 16.8. The van der Waals surface area contributed by atoms with Crippen LogP contribution in [0.5, 0.6) is 0 Å². The first-order valence-electron chi connectivity index (χ1n) is 8.09. The maximum Gasteiger partial charge on any atom is 0.238 e. The first-order chi connectivity index (χ1) is 10.9.